The molecule has 1 aliphatic carbocycles. The third-order valence-corrected chi connectivity index (χ3v) is 8.39. The van der Waals surface area contributed by atoms with Crippen LogP contribution in [0.15, 0.2) is 72.1 Å². The molecule has 33 heavy (non-hydrogen) atoms. The molecule has 0 fully saturated rings. The number of fused-ring (bicyclic) bond motifs is 7. The fraction of sp³-hybridized carbons (Fsp3) is 0.154. The molecular weight excluding hydrogens is 446 g/mol. The van der Waals surface area contributed by atoms with Crippen LogP contribution in [0.25, 0.3) is 37.3 Å². The van der Waals surface area contributed by atoms with Crippen LogP contribution in [-0.4, -0.2) is 24.6 Å². The van der Waals surface area contributed by atoms with E-state index in [2.05, 4.69) is 64.8 Å². The van der Waals surface area contributed by atoms with E-state index in [4.69, 9.17) is 9.97 Å². The Labute approximate surface area is 198 Å². The minimum absolute atomic E-state index is 0.849. The van der Waals surface area contributed by atoms with Crippen molar-refractivity contribution < 1.29 is 0 Å². The van der Waals surface area contributed by atoms with E-state index in [0.717, 1.165) is 50.1 Å². The first kappa shape index (κ1) is 19.2. The average molecular weight is 466 g/mol. The van der Waals surface area contributed by atoms with Gasteiger partial charge < -0.3 is 0 Å². The first-order chi connectivity index (χ1) is 16.4. The normalized spacial score (nSPS) is 13.3. The first-order valence-corrected chi connectivity index (χ1v) is 12.9. The molecule has 0 atom stereocenters. The Hall–Kier alpha value is -3.29. The molecule has 160 valence electrons. The molecule has 0 spiro atoms. The van der Waals surface area contributed by atoms with Crippen LogP contribution in [0.5, 0.6) is 0 Å². The number of hydrogen-bond donors (Lipinski definition) is 0. The smallest absolute Gasteiger partial charge is 0.197 e. The van der Waals surface area contributed by atoms with Gasteiger partial charge in [-0.2, -0.15) is 0 Å². The van der Waals surface area contributed by atoms with Crippen LogP contribution in [0.1, 0.15) is 23.1 Å². The summed E-state index contributed by atoms with van der Waals surface area (Å²) in [5.41, 5.74) is 8.26. The number of aryl methyl sites for hydroxylation is 1. The molecule has 0 radical (unpaired) electrons. The first-order valence-electron chi connectivity index (χ1n) is 11.1. The summed E-state index contributed by atoms with van der Waals surface area (Å²) in [6.45, 7) is 0. The highest BCUT2D eigenvalue weighted by Crippen LogP contribution is 2.43. The maximum atomic E-state index is 5.16. The number of thioether (sulfide) groups is 1. The fourth-order valence-corrected chi connectivity index (χ4v) is 6.79. The van der Waals surface area contributed by atoms with E-state index in [1.807, 2.05) is 16.8 Å². The summed E-state index contributed by atoms with van der Waals surface area (Å²) in [4.78, 5) is 11.1. The molecular formula is C26H19N5S2. The van der Waals surface area contributed by atoms with Gasteiger partial charge in [0.25, 0.3) is 0 Å². The van der Waals surface area contributed by atoms with Gasteiger partial charge >= 0.3 is 0 Å². The zero-order valence-corrected chi connectivity index (χ0v) is 19.4. The summed E-state index contributed by atoms with van der Waals surface area (Å²) in [5, 5.41) is 11.1. The van der Waals surface area contributed by atoms with Gasteiger partial charge in [-0.15, -0.1) is 21.5 Å². The molecule has 7 rings (SSSR count). The van der Waals surface area contributed by atoms with Crippen molar-refractivity contribution in [2.75, 3.05) is 0 Å². The molecule has 0 bridgehead atoms. The van der Waals surface area contributed by atoms with Gasteiger partial charge in [-0.1, -0.05) is 72.4 Å². The second kappa shape index (κ2) is 7.64. The second-order valence-electron chi connectivity index (χ2n) is 8.29. The fourth-order valence-electron chi connectivity index (χ4n) is 4.79. The van der Waals surface area contributed by atoms with Crippen LogP contribution >= 0.6 is 23.1 Å². The molecule has 0 saturated carbocycles. The molecule has 6 aromatic rings. The van der Waals surface area contributed by atoms with Crippen LogP contribution in [-0.2, 0) is 18.6 Å². The van der Waals surface area contributed by atoms with Crippen molar-refractivity contribution in [3.63, 3.8) is 0 Å². The van der Waals surface area contributed by atoms with Gasteiger partial charge in [-0.05, 0) is 36.0 Å². The monoisotopic (exact) mass is 465 g/mol. The second-order valence-corrected chi connectivity index (χ2v) is 10.2. The number of pyridine rings is 1. The summed E-state index contributed by atoms with van der Waals surface area (Å²) in [7, 11) is 0. The van der Waals surface area contributed by atoms with Gasteiger partial charge in [-0.3, -0.25) is 4.40 Å². The number of benzene rings is 2. The lowest BCUT2D eigenvalue weighted by Crippen LogP contribution is -1.94. The van der Waals surface area contributed by atoms with Crippen LogP contribution in [0.4, 0.5) is 0 Å². The Kier molecular flexibility index (Phi) is 4.45. The molecule has 5 nitrogen and oxygen atoms in total. The quantitative estimate of drug-likeness (QED) is 0.285. The lowest BCUT2D eigenvalue weighted by atomic mass is 10.0. The molecule has 0 aliphatic heterocycles. The minimum atomic E-state index is 0.849. The van der Waals surface area contributed by atoms with Gasteiger partial charge in [0, 0.05) is 16.7 Å². The van der Waals surface area contributed by atoms with E-state index >= 15 is 0 Å². The number of thiophene rings is 1. The topological polar surface area (TPSA) is 56.0 Å². The van der Waals surface area contributed by atoms with E-state index in [0.29, 0.717) is 0 Å². The standard InChI is InChI=1S/C26H19N5S2/c1-3-8-16(9-4-1)14-32-26-30-29-24-23-22(27-15-31(24)26)20-18-12-7-13-19(18)21(28-25(20)33-23)17-10-5-2-6-11-17/h1-6,8-11,15H,7,12-14H2. The van der Waals surface area contributed by atoms with Crippen molar-refractivity contribution in [1.29, 1.82) is 0 Å². The Morgan fingerprint density at radius 2 is 1.70 bits per heavy atom. The predicted octanol–water partition coefficient (Wildman–Crippen LogP) is 6.34. The van der Waals surface area contributed by atoms with Gasteiger partial charge in [0.2, 0.25) is 0 Å². The summed E-state index contributed by atoms with van der Waals surface area (Å²) >= 11 is 3.37. The van der Waals surface area contributed by atoms with E-state index in [-0.39, 0.29) is 0 Å². The lowest BCUT2D eigenvalue weighted by Gasteiger charge is -2.09. The molecule has 4 aromatic heterocycles. The predicted molar refractivity (Wildman–Crippen MR) is 135 cm³/mol. The average Bonchev–Trinajstić information content (AvgIpc) is 3.59. The van der Waals surface area contributed by atoms with Crippen molar-refractivity contribution in [3.05, 3.63) is 83.7 Å². The van der Waals surface area contributed by atoms with Crippen LogP contribution < -0.4 is 0 Å². The van der Waals surface area contributed by atoms with E-state index in [9.17, 15) is 0 Å². The minimum Gasteiger partial charge on any atom is -0.259 e. The Balaban J connectivity index is 1.39. The molecule has 0 amide bonds. The molecule has 2 aromatic carbocycles. The van der Waals surface area contributed by atoms with Crippen LogP contribution in [0.2, 0.25) is 0 Å². The van der Waals surface area contributed by atoms with E-state index in [1.165, 1.54) is 34.1 Å². The molecule has 0 unspecified atom stereocenters. The van der Waals surface area contributed by atoms with Crippen molar-refractivity contribution >= 4 is 49.2 Å². The van der Waals surface area contributed by atoms with Gasteiger partial charge in [0.05, 0.1) is 11.2 Å². The Morgan fingerprint density at radius 1 is 0.909 bits per heavy atom. The van der Waals surface area contributed by atoms with Crippen LogP contribution in [0.3, 0.4) is 0 Å². The summed E-state index contributed by atoms with van der Waals surface area (Å²) in [6, 6.07) is 21.0. The third-order valence-electron chi connectivity index (χ3n) is 6.31. The molecule has 4 heterocycles. The largest absolute Gasteiger partial charge is 0.259 e. The third kappa shape index (κ3) is 3.07. The maximum absolute atomic E-state index is 5.16. The molecule has 0 saturated heterocycles. The zero-order valence-electron chi connectivity index (χ0n) is 17.7. The molecule has 7 heteroatoms. The van der Waals surface area contributed by atoms with Gasteiger partial charge in [0.15, 0.2) is 10.8 Å². The summed E-state index contributed by atoms with van der Waals surface area (Å²) in [6.07, 6.45) is 5.20. The van der Waals surface area contributed by atoms with Crippen molar-refractivity contribution in [2.24, 2.45) is 0 Å². The zero-order chi connectivity index (χ0) is 21.8. The van der Waals surface area contributed by atoms with E-state index < -0.39 is 0 Å². The summed E-state index contributed by atoms with van der Waals surface area (Å²) < 4.78 is 3.09. The van der Waals surface area contributed by atoms with Gasteiger partial charge in [0.1, 0.15) is 15.9 Å². The molecule has 0 N–H and O–H groups in total. The maximum Gasteiger partial charge on any atom is 0.197 e. The van der Waals surface area contributed by atoms with Crippen LogP contribution in [0, 0.1) is 0 Å². The number of rotatable bonds is 4. The Morgan fingerprint density at radius 3 is 2.55 bits per heavy atom. The van der Waals surface area contributed by atoms with Crippen molar-refractivity contribution in [3.8, 4) is 11.3 Å². The highest BCUT2D eigenvalue weighted by molar-refractivity contribution is 7.98. The van der Waals surface area contributed by atoms with Crippen molar-refractivity contribution in [2.45, 2.75) is 30.2 Å². The highest BCUT2D eigenvalue weighted by atomic mass is 32.2. The number of hydrogen-bond acceptors (Lipinski definition) is 6. The molecule has 1 aliphatic rings. The van der Waals surface area contributed by atoms with E-state index in [1.54, 1.807) is 23.1 Å². The lowest BCUT2D eigenvalue weighted by molar-refractivity contribution is 0.907. The van der Waals surface area contributed by atoms with Gasteiger partial charge in [-0.25, -0.2) is 9.97 Å². The SMILES string of the molecule is c1ccc(CSc2nnc3c4sc5nc(-c6ccccc6)c6c(c5c4ncn23)CCC6)cc1. The highest BCUT2D eigenvalue weighted by Gasteiger charge is 2.25. The summed E-state index contributed by atoms with van der Waals surface area (Å²) in [5.74, 6) is 0.849. The van der Waals surface area contributed by atoms with Crippen molar-refractivity contribution in [1.82, 2.24) is 24.6 Å². The number of nitrogens with zero attached hydrogens (tertiary/aromatic N) is 5. The Bertz CT molecular complexity index is 1640. The number of aromatic nitrogens is 5.